The molecule has 1 amide bonds. The number of H-pyrrole nitrogens is 1. The molecule has 9 nitrogen and oxygen atoms in total. The Labute approximate surface area is 214 Å². The molecule has 0 saturated heterocycles. The molecule has 0 bridgehead atoms. The molecule has 36 heavy (non-hydrogen) atoms. The van der Waals surface area contributed by atoms with Crippen LogP contribution in [0.2, 0.25) is 4.34 Å². The number of rotatable bonds is 7. The molecule has 5 aromatic rings. The number of thiophene rings is 1. The summed E-state index contributed by atoms with van der Waals surface area (Å²) in [7, 11) is 1.80. The molecule has 0 atom stereocenters. The quantitative estimate of drug-likeness (QED) is 0.295. The molecule has 0 aliphatic carbocycles. The monoisotopic (exact) mass is 517 g/mol. The number of amides is 1. The normalized spacial score (nSPS) is 10.8. The van der Waals surface area contributed by atoms with E-state index in [0.29, 0.717) is 26.3 Å². The molecule has 0 radical (unpaired) electrons. The topological polar surface area (TPSA) is 118 Å². The highest BCUT2D eigenvalue weighted by atomic mass is 35.5. The fourth-order valence-electron chi connectivity index (χ4n) is 3.71. The minimum atomic E-state index is -0.226. The number of aromatic amines is 1. The SMILES string of the molecule is CNc1cc(-c2cc(-c3ccc[nH]c3=O)ccc2-n2cc(CNC(=O)c3ccc(Cl)s3)nn2)ccn1. The van der Waals surface area contributed by atoms with E-state index in [9.17, 15) is 9.59 Å². The third-order valence-electron chi connectivity index (χ3n) is 5.47. The molecule has 0 fully saturated rings. The maximum Gasteiger partial charge on any atom is 0.261 e. The van der Waals surface area contributed by atoms with Gasteiger partial charge in [-0.2, -0.15) is 0 Å². The van der Waals surface area contributed by atoms with Gasteiger partial charge in [-0.05, 0) is 59.7 Å². The van der Waals surface area contributed by atoms with Crippen LogP contribution in [0.3, 0.4) is 0 Å². The first-order valence-electron chi connectivity index (χ1n) is 10.9. The van der Waals surface area contributed by atoms with Crippen molar-refractivity contribution in [3.8, 4) is 27.9 Å². The van der Waals surface area contributed by atoms with E-state index in [2.05, 4.69) is 30.9 Å². The lowest BCUT2D eigenvalue weighted by molar-refractivity contribution is 0.0954. The summed E-state index contributed by atoms with van der Waals surface area (Å²) >= 11 is 7.14. The largest absolute Gasteiger partial charge is 0.373 e. The van der Waals surface area contributed by atoms with Crippen molar-refractivity contribution in [3.05, 3.63) is 98.4 Å². The molecule has 4 heterocycles. The molecule has 1 aromatic carbocycles. The Hall–Kier alpha value is -4.28. The molecular formula is C25H20ClN7O2S. The van der Waals surface area contributed by atoms with Crippen LogP contribution in [-0.2, 0) is 6.54 Å². The Morgan fingerprint density at radius 1 is 1.11 bits per heavy atom. The number of nitrogens with one attached hydrogen (secondary N) is 3. The van der Waals surface area contributed by atoms with Crippen LogP contribution in [0, 0.1) is 0 Å². The Bertz CT molecular complexity index is 1610. The number of halogens is 1. The Balaban J connectivity index is 1.49. The third kappa shape index (κ3) is 4.90. The molecule has 4 aromatic heterocycles. The van der Waals surface area contributed by atoms with Crippen molar-refractivity contribution < 1.29 is 4.79 Å². The average Bonchev–Trinajstić information content (AvgIpc) is 3.56. The van der Waals surface area contributed by atoms with E-state index in [4.69, 9.17) is 11.6 Å². The van der Waals surface area contributed by atoms with E-state index in [1.807, 2.05) is 30.3 Å². The first-order valence-corrected chi connectivity index (χ1v) is 12.1. The number of hydrogen-bond donors (Lipinski definition) is 3. The van der Waals surface area contributed by atoms with Crippen molar-refractivity contribution in [1.29, 1.82) is 0 Å². The Morgan fingerprint density at radius 3 is 2.75 bits per heavy atom. The zero-order chi connectivity index (χ0) is 25.1. The number of benzene rings is 1. The maximum absolute atomic E-state index is 12.4. The fourth-order valence-corrected chi connectivity index (χ4v) is 4.67. The second kappa shape index (κ2) is 10.1. The number of hydrogen-bond acceptors (Lipinski definition) is 7. The van der Waals surface area contributed by atoms with Gasteiger partial charge in [0.1, 0.15) is 11.5 Å². The smallest absolute Gasteiger partial charge is 0.261 e. The van der Waals surface area contributed by atoms with Crippen molar-refractivity contribution in [2.24, 2.45) is 0 Å². The molecule has 5 rings (SSSR count). The molecule has 11 heteroatoms. The summed E-state index contributed by atoms with van der Waals surface area (Å²) in [4.78, 5) is 32.3. The summed E-state index contributed by atoms with van der Waals surface area (Å²) in [6.07, 6.45) is 5.08. The molecule has 0 aliphatic rings. The van der Waals surface area contributed by atoms with Gasteiger partial charge in [0.05, 0.1) is 27.6 Å². The van der Waals surface area contributed by atoms with Crippen molar-refractivity contribution in [2.45, 2.75) is 6.54 Å². The van der Waals surface area contributed by atoms with Gasteiger partial charge in [0.15, 0.2) is 0 Å². The number of pyridine rings is 2. The van der Waals surface area contributed by atoms with Gasteiger partial charge < -0.3 is 15.6 Å². The van der Waals surface area contributed by atoms with Crippen LogP contribution in [0.4, 0.5) is 5.82 Å². The van der Waals surface area contributed by atoms with E-state index < -0.39 is 0 Å². The van der Waals surface area contributed by atoms with Crippen LogP contribution < -0.4 is 16.2 Å². The lowest BCUT2D eigenvalue weighted by Crippen LogP contribution is -2.21. The van der Waals surface area contributed by atoms with Gasteiger partial charge in [-0.25, -0.2) is 9.67 Å². The Morgan fingerprint density at radius 2 is 1.97 bits per heavy atom. The summed E-state index contributed by atoms with van der Waals surface area (Å²) in [5.74, 6) is 0.480. The van der Waals surface area contributed by atoms with Gasteiger partial charge >= 0.3 is 0 Å². The summed E-state index contributed by atoms with van der Waals surface area (Å²) in [5.41, 5.74) is 4.22. The second-order valence-corrected chi connectivity index (χ2v) is 9.48. The number of anilines is 1. The van der Waals surface area contributed by atoms with Crippen LogP contribution in [0.5, 0.6) is 0 Å². The van der Waals surface area contributed by atoms with E-state index in [1.54, 1.807) is 54.6 Å². The lowest BCUT2D eigenvalue weighted by Gasteiger charge is -2.13. The minimum Gasteiger partial charge on any atom is -0.373 e. The molecule has 0 unspecified atom stereocenters. The maximum atomic E-state index is 12.4. The van der Waals surface area contributed by atoms with E-state index in [1.165, 1.54) is 11.3 Å². The summed E-state index contributed by atoms with van der Waals surface area (Å²) in [6.45, 7) is 0.209. The lowest BCUT2D eigenvalue weighted by atomic mass is 9.98. The van der Waals surface area contributed by atoms with Crippen molar-refractivity contribution in [3.63, 3.8) is 0 Å². The molecule has 0 saturated carbocycles. The van der Waals surface area contributed by atoms with Crippen molar-refractivity contribution in [1.82, 2.24) is 30.3 Å². The van der Waals surface area contributed by atoms with Gasteiger partial charge in [-0.15, -0.1) is 16.4 Å². The van der Waals surface area contributed by atoms with Gasteiger partial charge in [0.2, 0.25) is 0 Å². The minimum absolute atomic E-state index is 0.173. The summed E-state index contributed by atoms with van der Waals surface area (Å²) in [5, 5.41) is 14.4. The van der Waals surface area contributed by atoms with E-state index in [0.717, 1.165) is 22.4 Å². The first-order chi connectivity index (χ1) is 17.5. The first kappa shape index (κ1) is 23.5. The second-order valence-electron chi connectivity index (χ2n) is 7.77. The zero-order valence-corrected chi connectivity index (χ0v) is 20.6. The van der Waals surface area contributed by atoms with Gasteiger partial charge in [0, 0.05) is 30.6 Å². The Kier molecular flexibility index (Phi) is 6.61. The standard InChI is InChI=1S/C25H20ClN7O2S/c1-27-23-12-16(8-10-28-23)19-11-15(18-3-2-9-29-24(18)34)4-5-20(19)33-14-17(31-32-33)13-30-25(35)21-6-7-22(26)36-21/h2-12,14H,13H2,1H3,(H,27,28)(H,29,34)(H,30,35). The summed E-state index contributed by atoms with van der Waals surface area (Å²) < 4.78 is 2.20. The van der Waals surface area contributed by atoms with Crippen molar-refractivity contribution >= 4 is 34.7 Å². The van der Waals surface area contributed by atoms with Crippen LogP contribution in [0.25, 0.3) is 27.9 Å². The predicted molar refractivity (Wildman–Crippen MR) is 141 cm³/mol. The highest BCUT2D eigenvalue weighted by Gasteiger charge is 2.15. The molecule has 0 spiro atoms. The van der Waals surface area contributed by atoms with Crippen LogP contribution in [0.1, 0.15) is 15.4 Å². The fraction of sp³-hybridized carbons (Fsp3) is 0.0800. The van der Waals surface area contributed by atoms with Crippen molar-refractivity contribution in [2.75, 3.05) is 12.4 Å². The highest BCUT2D eigenvalue weighted by molar-refractivity contribution is 7.18. The van der Waals surface area contributed by atoms with Crippen LogP contribution >= 0.6 is 22.9 Å². The number of aromatic nitrogens is 5. The molecule has 180 valence electrons. The van der Waals surface area contributed by atoms with Gasteiger partial charge in [-0.1, -0.05) is 22.9 Å². The number of nitrogens with zero attached hydrogens (tertiary/aromatic N) is 4. The van der Waals surface area contributed by atoms with Gasteiger partial charge in [0.25, 0.3) is 11.5 Å². The highest BCUT2D eigenvalue weighted by Crippen LogP contribution is 2.31. The molecule has 3 N–H and O–H groups in total. The predicted octanol–water partition coefficient (Wildman–Crippen LogP) is 4.37. The zero-order valence-electron chi connectivity index (χ0n) is 19.0. The molecule has 0 aliphatic heterocycles. The molecular weight excluding hydrogens is 498 g/mol. The summed E-state index contributed by atoms with van der Waals surface area (Å²) in [6, 6.07) is 16.4. The van der Waals surface area contributed by atoms with Crippen LogP contribution in [-0.4, -0.2) is 37.9 Å². The van der Waals surface area contributed by atoms with Crippen LogP contribution in [0.15, 0.2) is 78.0 Å². The third-order valence-corrected chi connectivity index (χ3v) is 6.70. The number of carbonyl (C=O) groups is 1. The number of carbonyl (C=O) groups excluding carboxylic acids is 1. The van der Waals surface area contributed by atoms with E-state index >= 15 is 0 Å². The van der Waals surface area contributed by atoms with Gasteiger partial charge in [-0.3, -0.25) is 9.59 Å². The average molecular weight is 518 g/mol. The van der Waals surface area contributed by atoms with E-state index in [-0.39, 0.29) is 18.0 Å².